The van der Waals surface area contributed by atoms with Gasteiger partial charge in [-0.2, -0.15) is 5.10 Å². The predicted molar refractivity (Wildman–Crippen MR) is 120 cm³/mol. The SMILES string of the molecule is COC(=O)/C=C1/SCC(=O)N1CCCOC(=O)c1nn(CC(C)C)c(=O)c2ccccc12. The summed E-state index contributed by atoms with van der Waals surface area (Å²) in [5, 5.41) is 5.63. The van der Waals surface area contributed by atoms with Gasteiger partial charge < -0.3 is 14.4 Å². The maximum atomic E-state index is 12.8. The van der Waals surface area contributed by atoms with E-state index in [9.17, 15) is 19.2 Å². The van der Waals surface area contributed by atoms with E-state index in [4.69, 9.17) is 4.74 Å². The lowest BCUT2D eigenvalue weighted by atomic mass is 10.1. The van der Waals surface area contributed by atoms with Crippen LogP contribution in [0.25, 0.3) is 10.8 Å². The number of fused-ring (bicyclic) bond motifs is 1. The van der Waals surface area contributed by atoms with Crippen LogP contribution in [0.5, 0.6) is 0 Å². The monoisotopic (exact) mass is 459 g/mol. The van der Waals surface area contributed by atoms with Crippen molar-refractivity contribution in [2.45, 2.75) is 26.8 Å². The van der Waals surface area contributed by atoms with Crippen LogP contribution in [0.15, 0.2) is 40.2 Å². The Morgan fingerprint density at radius 3 is 2.62 bits per heavy atom. The van der Waals surface area contributed by atoms with Crippen LogP contribution in [0, 0.1) is 5.92 Å². The first-order valence-electron chi connectivity index (χ1n) is 10.2. The van der Waals surface area contributed by atoms with Crippen molar-refractivity contribution in [2.75, 3.05) is 26.0 Å². The summed E-state index contributed by atoms with van der Waals surface area (Å²) in [7, 11) is 1.27. The summed E-state index contributed by atoms with van der Waals surface area (Å²) in [4.78, 5) is 50.5. The first-order chi connectivity index (χ1) is 15.3. The Bertz CT molecular complexity index is 1120. The molecular formula is C22H25N3O6S. The van der Waals surface area contributed by atoms with Gasteiger partial charge in [-0.25, -0.2) is 14.3 Å². The van der Waals surface area contributed by atoms with Crippen LogP contribution >= 0.6 is 11.8 Å². The predicted octanol–water partition coefficient (Wildman–Crippen LogP) is 2.19. The highest BCUT2D eigenvalue weighted by atomic mass is 32.2. The quantitative estimate of drug-likeness (QED) is 0.336. The Morgan fingerprint density at radius 1 is 1.22 bits per heavy atom. The van der Waals surface area contributed by atoms with Gasteiger partial charge in [-0.3, -0.25) is 9.59 Å². The minimum absolute atomic E-state index is 0.0537. The number of carbonyl (C=O) groups excluding carboxylic acids is 3. The molecule has 2 aromatic rings. The molecule has 0 atom stereocenters. The Hall–Kier alpha value is -3.14. The molecule has 1 saturated heterocycles. The van der Waals surface area contributed by atoms with E-state index in [0.29, 0.717) is 35.3 Å². The van der Waals surface area contributed by atoms with Crippen LogP contribution in [0.1, 0.15) is 30.8 Å². The Morgan fingerprint density at radius 2 is 1.94 bits per heavy atom. The van der Waals surface area contributed by atoms with Crippen molar-refractivity contribution in [3.05, 3.63) is 51.4 Å². The summed E-state index contributed by atoms with van der Waals surface area (Å²) < 4.78 is 11.3. The molecule has 10 heteroatoms. The second-order valence-electron chi connectivity index (χ2n) is 7.60. The molecule has 170 valence electrons. The van der Waals surface area contributed by atoms with Crippen LogP contribution in [0.2, 0.25) is 0 Å². The number of ether oxygens (including phenoxy) is 2. The molecule has 32 heavy (non-hydrogen) atoms. The lowest BCUT2D eigenvalue weighted by Crippen LogP contribution is -2.29. The maximum absolute atomic E-state index is 12.8. The van der Waals surface area contributed by atoms with Crippen molar-refractivity contribution < 1.29 is 23.9 Å². The average Bonchev–Trinajstić information content (AvgIpc) is 3.11. The van der Waals surface area contributed by atoms with Crippen molar-refractivity contribution in [3.63, 3.8) is 0 Å². The molecule has 1 aliphatic rings. The standard InChI is InChI=1S/C22H25N3O6S/c1-14(2)12-25-21(28)16-8-5-4-7-15(16)20(23-25)22(29)31-10-6-9-24-17(26)13-32-18(24)11-19(27)30-3/h4-5,7-8,11,14H,6,9-10,12-13H2,1-3H3/b18-11+. The van der Waals surface area contributed by atoms with E-state index >= 15 is 0 Å². The molecule has 0 spiro atoms. The molecule has 1 amide bonds. The largest absolute Gasteiger partial charge is 0.466 e. The van der Waals surface area contributed by atoms with Gasteiger partial charge in [-0.05, 0) is 18.4 Å². The van der Waals surface area contributed by atoms with Gasteiger partial charge in [0.25, 0.3) is 5.56 Å². The first kappa shape index (κ1) is 23.5. The molecule has 0 unspecified atom stereocenters. The number of carbonyl (C=O) groups is 3. The fourth-order valence-electron chi connectivity index (χ4n) is 3.24. The molecule has 1 aromatic carbocycles. The zero-order valence-electron chi connectivity index (χ0n) is 18.2. The number of benzene rings is 1. The van der Waals surface area contributed by atoms with Crippen molar-refractivity contribution in [1.82, 2.24) is 14.7 Å². The lowest BCUT2D eigenvalue weighted by Gasteiger charge is -2.17. The van der Waals surface area contributed by atoms with Crippen LogP contribution in [-0.2, 0) is 25.6 Å². The third-order valence-corrected chi connectivity index (χ3v) is 5.74. The zero-order valence-corrected chi connectivity index (χ0v) is 19.0. The van der Waals surface area contributed by atoms with E-state index < -0.39 is 11.9 Å². The summed E-state index contributed by atoms with van der Waals surface area (Å²) in [6.07, 6.45) is 1.65. The van der Waals surface area contributed by atoms with Crippen LogP contribution in [-0.4, -0.2) is 58.5 Å². The molecule has 1 aliphatic heterocycles. The second-order valence-corrected chi connectivity index (χ2v) is 8.60. The Kier molecular flexibility index (Phi) is 7.68. The van der Waals surface area contributed by atoms with Crippen molar-refractivity contribution >= 4 is 40.4 Å². The number of hydrogen-bond acceptors (Lipinski definition) is 8. The number of aromatic nitrogens is 2. The summed E-state index contributed by atoms with van der Waals surface area (Å²) >= 11 is 1.26. The Labute approximate surface area is 189 Å². The summed E-state index contributed by atoms with van der Waals surface area (Å²) in [5.41, 5.74) is -0.166. The third kappa shape index (κ3) is 5.37. The maximum Gasteiger partial charge on any atom is 0.359 e. The highest BCUT2D eigenvalue weighted by molar-refractivity contribution is 8.04. The molecule has 0 radical (unpaired) electrons. The summed E-state index contributed by atoms with van der Waals surface area (Å²) in [6, 6.07) is 6.81. The molecule has 0 saturated carbocycles. The number of methoxy groups -OCH3 is 1. The van der Waals surface area contributed by atoms with Gasteiger partial charge in [0.2, 0.25) is 5.91 Å². The number of rotatable bonds is 8. The van der Waals surface area contributed by atoms with Crippen molar-refractivity contribution in [1.29, 1.82) is 0 Å². The molecule has 0 N–H and O–H groups in total. The highest BCUT2D eigenvalue weighted by Crippen LogP contribution is 2.28. The van der Waals surface area contributed by atoms with Crippen molar-refractivity contribution in [2.24, 2.45) is 5.92 Å². The normalized spacial score (nSPS) is 15.1. The van der Waals surface area contributed by atoms with Gasteiger partial charge in [-0.15, -0.1) is 0 Å². The smallest absolute Gasteiger partial charge is 0.359 e. The number of esters is 2. The zero-order chi connectivity index (χ0) is 23.3. The lowest BCUT2D eigenvalue weighted by molar-refractivity contribution is -0.134. The summed E-state index contributed by atoms with van der Waals surface area (Å²) in [5.74, 6) is -0.867. The minimum Gasteiger partial charge on any atom is -0.466 e. The van der Waals surface area contributed by atoms with Gasteiger partial charge in [0.1, 0.15) is 0 Å². The average molecular weight is 460 g/mol. The molecule has 0 bridgehead atoms. The van der Waals surface area contributed by atoms with Crippen LogP contribution in [0.3, 0.4) is 0 Å². The minimum atomic E-state index is -0.633. The van der Waals surface area contributed by atoms with E-state index in [1.165, 1.54) is 34.5 Å². The van der Waals surface area contributed by atoms with E-state index in [-0.39, 0.29) is 35.4 Å². The molecule has 0 aliphatic carbocycles. The van der Waals surface area contributed by atoms with E-state index in [1.54, 1.807) is 24.3 Å². The van der Waals surface area contributed by atoms with Gasteiger partial charge in [0.15, 0.2) is 5.69 Å². The van der Waals surface area contributed by atoms with E-state index in [2.05, 4.69) is 9.84 Å². The molecule has 9 nitrogen and oxygen atoms in total. The molecule has 1 aromatic heterocycles. The number of hydrogen-bond donors (Lipinski definition) is 0. The van der Waals surface area contributed by atoms with Gasteiger partial charge in [0, 0.05) is 18.5 Å². The van der Waals surface area contributed by atoms with Crippen LogP contribution < -0.4 is 5.56 Å². The number of nitrogens with zero attached hydrogens (tertiary/aromatic N) is 3. The second kappa shape index (κ2) is 10.4. The summed E-state index contributed by atoms with van der Waals surface area (Å²) in [6.45, 7) is 4.65. The first-order valence-corrected chi connectivity index (χ1v) is 11.2. The van der Waals surface area contributed by atoms with Gasteiger partial charge in [0.05, 0.1) is 36.0 Å². The molecule has 2 heterocycles. The number of amides is 1. The number of thioether (sulfide) groups is 1. The van der Waals surface area contributed by atoms with Crippen molar-refractivity contribution in [3.8, 4) is 0 Å². The van der Waals surface area contributed by atoms with Gasteiger partial charge >= 0.3 is 11.9 Å². The molecule has 1 fully saturated rings. The van der Waals surface area contributed by atoms with Gasteiger partial charge in [-0.1, -0.05) is 43.8 Å². The topological polar surface area (TPSA) is 108 Å². The Balaban J connectivity index is 1.69. The fraction of sp³-hybridized carbons (Fsp3) is 0.409. The van der Waals surface area contributed by atoms with E-state index in [1.807, 2.05) is 13.8 Å². The highest BCUT2D eigenvalue weighted by Gasteiger charge is 2.27. The molecule has 3 rings (SSSR count). The fourth-order valence-corrected chi connectivity index (χ4v) is 4.20. The third-order valence-electron chi connectivity index (χ3n) is 4.71. The van der Waals surface area contributed by atoms with E-state index in [0.717, 1.165) is 0 Å². The molecular weight excluding hydrogens is 434 g/mol. The van der Waals surface area contributed by atoms with Crippen LogP contribution in [0.4, 0.5) is 0 Å².